The van der Waals surface area contributed by atoms with Gasteiger partial charge in [0.05, 0.1) is 11.9 Å². The Morgan fingerprint density at radius 2 is 2.04 bits per heavy atom. The molecule has 0 saturated heterocycles. The molecule has 0 radical (unpaired) electrons. The van der Waals surface area contributed by atoms with Gasteiger partial charge in [-0.1, -0.05) is 12.1 Å². The molecule has 0 spiro atoms. The highest BCUT2D eigenvalue weighted by atomic mass is 19.1. The summed E-state index contributed by atoms with van der Waals surface area (Å²) in [5, 5.41) is 6.99. The number of rotatable bonds is 4. The second-order valence-corrected chi connectivity index (χ2v) is 5.85. The Labute approximate surface area is 138 Å². The molecule has 2 atom stereocenters. The highest BCUT2D eigenvalue weighted by Crippen LogP contribution is 2.47. The van der Waals surface area contributed by atoms with Crippen molar-refractivity contribution < 1.29 is 9.18 Å². The number of amides is 1. The Balaban J connectivity index is 1.39. The van der Waals surface area contributed by atoms with Crippen molar-refractivity contribution in [2.24, 2.45) is 5.92 Å². The zero-order chi connectivity index (χ0) is 16.5. The minimum Gasteiger partial charge on any atom is -0.324 e. The summed E-state index contributed by atoms with van der Waals surface area (Å²) >= 11 is 0. The van der Waals surface area contributed by atoms with E-state index < -0.39 is 0 Å². The number of carbonyl (C=O) groups excluding carboxylic acids is 1. The molecule has 1 saturated carbocycles. The molecule has 1 aliphatic rings. The molecule has 2 heterocycles. The van der Waals surface area contributed by atoms with Gasteiger partial charge in [-0.25, -0.2) is 14.1 Å². The minimum absolute atomic E-state index is 0.0297. The van der Waals surface area contributed by atoms with Crippen LogP contribution in [0.25, 0.3) is 5.82 Å². The fourth-order valence-corrected chi connectivity index (χ4v) is 2.80. The van der Waals surface area contributed by atoms with Crippen LogP contribution in [0.15, 0.2) is 61.1 Å². The van der Waals surface area contributed by atoms with E-state index in [1.54, 1.807) is 47.5 Å². The molecule has 24 heavy (non-hydrogen) atoms. The van der Waals surface area contributed by atoms with Gasteiger partial charge in [0.1, 0.15) is 5.82 Å². The van der Waals surface area contributed by atoms with Crippen LogP contribution in [0.2, 0.25) is 0 Å². The van der Waals surface area contributed by atoms with Crippen LogP contribution in [0.5, 0.6) is 0 Å². The van der Waals surface area contributed by atoms with E-state index in [9.17, 15) is 9.18 Å². The summed E-state index contributed by atoms with van der Waals surface area (Å²) in [7, 11) is 0. The van der Waals surface area contributed by atoms with E-state index in [-0.39, 0.29) is 23.6 Å². The van der Waals surface area contributed by atoms with Crippen molar-refractivity contribution in [1.82, 2.24) is 14.8 Å². The quantitative estimate of drug-likeness (QED) is 0.803. The Hall–Kier alpha value is -3.02. The highest BCUT2D eigenvalue weighted by Gasteiger charge is 2.43. The Bertz CT molecular complexity index is 844. The smallest absolute Gasteiger partial charge is 0.228 e. The molecule has 0 aliphatic heterocycles. The normalized spacial score (nSPS) is 19.0. The zero-order valence-electron chi connectivity index (χ0n) is 12.8. The number of nitrogens with one attached hydrogen (secondary N) is 1. The van der Waals surface area contributed by atoms with Gasteiger partial charge in [-0.15, -0.1) is 0 Å². The average molecular weight is 322 g/mol. The van der Waals surface area contributed by atoms with Gasteiger partial charge in [-0.3, -0.25) is 4.79 Å². The van der Waals surface area contributed by atoms with Gasteiger partial charge in [0.2, 0.25) is 5.91 Å². The first-order chi connectivity index (χ1) is 11.7. The van der Waals surface area contributed by atoms with Crippen LogP contribution >= 0.6 is 0 Å². The van der Waals surface area contributed by atoms with E-state index in [4.69, 9.17) is 0 Å². The van der Waals surface area contributed by atoms with Crippen molar-refractivity contribution in [3.05, 3.63) is 72.4 Å². The number of halogens is 1. The van der Waals surface area contributed by atoms with E-state index in [0.29, 0.717) is 11.5 Å². The summed E-state index contributed by atoms with van der Waals surface area (Å²) in [6.07, 6.45) is 5.89. The van der Waals surface area contributed by atoms with Crippen LogP contribution in [0.1, 0.15) is 17.9 Å². The first kappa shape index (κ1) is 14.6. The Morgan fingerprint density at radius 1 is 1.21 bits per heavy atom. The zero-order valence-corrected chi connectivity index (χ0v) is 12.8. The second kappa shape index (κ2) is 5.88. The van der Waals surface area contributed by atoms with Crippen LogP contribution in [0.3, 0.4) is 0 Å². The summed E-state index contributed by atoms with van der Waals surface area (Å²) in [6, 6.07) is 11.8. The maximum Gasteiger partial charge on any atom is 0.228 e. The number of hydrogen-bond acceptors (Lipinski definition) is 3. The van der Waals surface area contributed by atoms with Gasteiger partial charge in [0, 0.05) is 18.3 Å². The number of hydrogen-bond donors (Lipinski definition) is 1. The van der Waals surface area contributed by atoms with Crippen molar-refractivity contribution in [2.45, 2.75) is 12.3 Å². The summed E-state index contributed by atoms with van der Waals surface area (Å²) < 4.78 is 14.6. The van der Waals surface area contributed by atoms with Crippen LogP contribution < -0.4 is 5.32 Å². The van der Waals surface area contributed by atoms with E-state index >= 15 is 0 Å². The van der Waals surface area contributed by atoms with Gasteiger partial charge in [0.15, 0.2) is 5.82 Å². The monoisotopic (exact) mass is 322 g/mol. The summed E-state index contributed by atoms with van der Waals surface area (Å²) in [4.78, 5) is 16.6. The van der Waals surface area contributed by atoms with Gasteiger partial charge >= 0.3 is 0 Å². The molecular formula is C18H15FN4O. The number of carbonyl (C=O) groups is 1. The fraction of sp³-hybridized carbons (Fsp3) is 0.167. The molecule has 1 aromatic carbocycles. The number of pyridine rings is 1. The topological polar surface area (TPSA) is 59.8 Å². The van der Waals surface area contributed by atoms with E-state index in [0.717, 1.165) is 12.0 Å². The summed E-state index contributed by atoms with van der Waals surface area (Å²) in [5.74, 6) is 0.499. The lowest BCUT2D eigenvalue weighted by Gasteiger charge is -2.06. The summed E-state index contributed by atoms with van der Waals surface area (Å²) in [5.41, 5.74) is 1.66. The molecular weight excluding hydrogens is 307 g/mol. The third-order valence-electron chi connectivity index (χ3n) is 4.18. The molecule has 4 rings (SSSR count). The van der Waals surface area contributed by atoms with Gasteiger partial charge in [0.25, 0.3) is 0 Å². The third kappa shape index (κ3) is 2.90. The predicted octanol–water partition coefficient (Wildman–Crippen LogP) is 3.15. The van der Waals surface area contributed by atoms with Gasteiger partial charge in [-0.2, -0.15) is 5.10 Å². The SMILES string of the molecule is O=C(Nc1ccc(-n2cccn2)nc1)[C@@H]1C[C@H]1c1ccc(F)cc1. The molecule has 1 fully saturated rings. The molecule has 3 aromatic rings. The number of nitrogens with zero attached hydrogens (tertiary/aromatic N) is 3. The number of benzene rings is 1. The lowest BCUT2D eigenvalue weighted by Crippen LogP contribution is -2.15. The molecule has 5 nitrogen and oxygen atoms in total. The first-order valence-electron chi connectivity index (χ1n) is 7.73. The molecule has 0 unspecified atom stereocenters. The van der Waals surface area contributed by atoms with E-state index in [2.05, 4.69) is 15.4 Å². The second-order valence-electron chi connectivity index (χ2n) is 5.85. The van der Waals surface area contributed by atoms with E-state index in [1.165, 1.54) is 12.1 Å². The van der Waals surface area contributed by atoms with Crippen molar-refractivity contribution >= 4 is 11.6 Å². The Kier molecular flexibility index (Phi) is 3.57. The molecule has 2 aromatic heterocycles. The van der Waals surface area contributed by atoms with Crippen molar-refractivity contribution in [3.8, 4) is 5.82 Å². The molecule has 0 bridgehead atoms. The number of anilines is 1. The predicted molar refractivity (Wildman–Crippen MR) is 87.2 cm³/mol. The largest absolute Gasteiger partial charge is 0.324 e. The first-order valence-corrected chi connectivity index (χ1v) is 7.73. The molecule has 6 heteroatoms. The van der Waals surface area contributed by atoms with Gasteiger partial charge < -0.3 is 5.32 Å². The molecule has 1 N–H and O–H groups in total. The lowest BCUT2D eigenvalue weighted by atomic mass is 10.1. The number of aromatic nitrogens is 3. The van der Waals surface area contributed by atoms with Crippen LogP contribution in [0.4, 0.5) is 10.1 Å². The highest BCUT2D eigenvalue weighted by molar-refractivity contribution is 5.95. The maximum atomic E-state index is 13.0. The van der Waals surface area contributed by atoms with Crippen molar-refractivity contribution in [1.29, 1.82) is 0 Å². The van der Waals surface area contributed by atoms with Crippen LogP contribution in [-0.2, 0) is 4.79 Å². The standard InChI is InChI=1S/C18H15FN4O/c19-13-4-2-12(3-5-13)15-10-16(15)18(24)22-14-6-7-17(20-11-14)23-9-1-8-21-23/h1-9,11,15-16H,10H2,(H,22,24)/t15-,16+/m0/s1. The lowest BCUT2D eigenvalue weighted by molar-refractivity contribution is -0.117. The van der Waals surface area contributed by atoms with Crippen molar-refractivity contribution in [2.75, 3.05) is 5.32 Å². The molecule has 1 amide bonds. The maximum absolute atomic E-state index is 13.0. The average Bonchev–Trinajstić information content (AvgIpc) is 3.21. The molecule has 1 aliphatic carbocycles. The van der Waals surface area contributed by atoms with Crippen LogP contribution in [0, 0.1) is 11.7 Å². The third-order valence-corrected chi connectivity index (χ3v) is 4.18. The fourth-order valence-electron chi connectivity index (χ4n) is 2.80. The van der Waals surface area contributed by atoms with Gasteiger partial charge in [-0.05, 0) is 48.2 Å². The van der Waals surface area contributed by atoms with E-state index in [1.807, 2.05) is 6.07 Å². The molecule has 120 valence electrons. The minimum atomic E-state index is -0.260. The Morgan fingerprint density at radius 3 is 2.71 bits per heavy atom. The summed E-state index contributed by atoms with van der Waals surface area (Å²) in [6.45, 7) is 0. The van der Waals surface area contributed by atoms with Crippen molar-refractivity contribution in [3.63, 3.8) is 0 Å². The van der Waals surface area contributed by atoms with Crippen LogP contribution in [-0.4, -0.2) is 20.7 Å².